The van der Waals surface area contributed by atoms with E-state index in [0.717, 1.165) is 44.8 Å². The molecule has 1 unspecified atom stereocenters. The number of hydrogen-bond acceptors (Lipinski definition) is 4. The molecule has 1 aromatic carbocycles. The molecule has 0 spiro atoms. The molecule has 0 bridgehead atoms. The van der Waals surface area contributed by atoms with Crippen LogP contribution in [0.4, 0.5) is 0 Å². The third-order valence-electron chi connectivity index (χ3n) is 3.88. The predicted octanol–water partition coefficient (Wildman–Crippen LogP) is 0.816. The molecule has 0 aliphatic carbocycles. The minimum Gasteiger partial charge on any atom is -0.394 e. The van der Waals surface area contributed by atoms with Crippen molar-refractivity contribution in [3.63, 3.8) is 0 Å². The minimum atomic E-state index is -0.397. The van der Waals surface area contributed by atoms with Crippen LogP contribution in [0.1, 0.15) is 12.0 Å². The average molecular weight is 264 g/mol. The van der Waals surface area contributed by atoms with E-state index in [1.54, 1.807) is 0 Å². The molecule has 4 nitrogen and oxygen atoms in total. The summed E-state index contributed by atoms with van der Waals surface area (Å²) < 4.78 is 5.49. The van der Waals surface area contributed by atoms with E-state index in [1.807, 2.05) is 25.2 Å². The summed E-state index contributed by atoms with van der Waals surface area (Å²) in [5, 5.41) is 13.2. The van der Waals surface area contributed by atoms with Crippen LogP contribution in [0, 0.1) is 0 Å². The first kappa shape index (κ1) is 14.5. The largest absolute Gasteiger partial charge is 0.394 e. The van der Waals surface area contributed by atoms with Crippen LogP contribution in [-0.2, 0) is 10.3 Å². The van der Waals surface area contributed by atoms with Crippen molar-refractivity contribution >= 4 is 0 Å². The second-order valence-electron chi connectivity index (χ2n) is 5.10. The van der Waals surface area contributed by atoms with Crippen molar-refractivity contribution in [3.8, 4) is 0 Å². The molecule has 0 aromatic heterocycles. The predicted molar refractivity (Wildman–Crippen MR) is 76.1 cm³/mol. The smallest absolute Gasteiger partial charge is 0.0795 e. The minimum absolute atomic E-state index is 0.0882. The van der Waals surface area contributed by atoms with Gasteiger partial charge in [-0.3, -0.25) is 4.90 Å². The molecule has 1 heterocycles. The van der Waals surface area contributed by atoms with Crippen LogP contribution in [0.15, 0.2) is 30.3 Å². The lowest BCUT2D eigenvalue weighted by Gasteiger charge is -2.37. The van der Waals surface area contributed by atoms with Crippen LogP contribution < -0.4 is 5.32 Å². The zero-order chi connectivity index (χ0) is 13.6. The number of nitrogens with zero attached hydrogens (tertiary/aromatic N) is 1. The van der Waals surface area contributed by atoms with Crippen molar-refractivity contribution in [1.29, 1.82) is 0 Å². The lowest BCUT2D eigenvalue weighted by atomic mass is 9.90. The Morgan fingerprint density at radius 3 is 2.74 bits per heavy atom. The molecule has 0 amide bonds. The van der Waals surface area contributed by atoms with Gasteiger partial charge in [0.2, 0.25) is 0 Å². The zero-order valence-electron chi connectivity index (χ0n) is 11.6. The SMILES string of the molecule is CNC(CO)(CN1CCCOCC1)c1ccccc1. The van der Waals surface area contributed by atoms with Crippen molar-refractivity contribution in [3.05, 3.63) is 35.9 Å². The molecule has 1 saturated heterocycles. The maximum Gasteiger partial charge on any atom is 0.0795 e. The summed E-state index contributed by atoms with van der Waals surface area (Å²) in [6.45, 7) is 4.46. The number of nitrogens with one attached hydrogen (secondary N) is 1. The summed E-state index contributed by atoms with van der Waals surface area (Å²) in [4.78, 5) is 2.37. The van der Waals surface area contributed by atoms with Crippen molar-refractivity contribution in [2.45, 2.75) is 12.0 Å². The molecule has 1 aromatic rings. The highest BCUT2D eigenvalue weighted by Gasteiger charge is 2.32. The van der Waals surface area contributed by atoms with Gasteiger partial charge >= 0.3 is 0 Å². The quantitative estimate of drug-likeness (QED) is 0.826. The van der Waals surface area contributed by atoms with E-state index >= 15 is 0 Å². The second-order valence-corrected chi connectivity index (χ2v) is 5.10. The van der Waals surface area contributed by atoms with Gasteiger partial charge < -0.3 is 15.2 Å². The average Bonchev–Trinajstić information content (AvgIpc) is 2.74. The lowest BCUT2D eigenvalue weighted by Crippen LogP contribution is -2.52. The van der Waals surface area contributed by atoms with Gasteiger partial charge in [0.15, 0.2) is 0 Å². The van der Waals surface area contributed by atoms with Crippen LogP contribution in [0.25, 0.3) is 0 Å². The number of ether oxygens (including phenoxy) is 1. The standard InChI is InChI=1S/C15H24N2O2/c1-16-15(13-18,14-6-3-2-4-7-14)12-17-8-5-10-19-11-9-17/h2-4,6-7,16,18H,5,8-13H2,1H3. The summed E-state index contributed by atoms with van der Waals surface area (Å²) in [6, 6.07) is 10.2. The summed E-state index contributed by atoms with van der Waals surface area (Å²) in [5.41, 5.74) is 0.733. The van der Waals surface area contributed by atoms with Crippen LogP contribution in [-0.4, -0.2) is 56.5 Å². The van der Waals surface area contributed by atoms with E-state index in [0.29, 0.717) is 0 Å². The van der Waals surface area contributed by atoms with E-state index in [1.165, 1.54) is 0 Å². The first-order valence-corrected chi connectivity index (χ1v) is 6.96. The maximum atomic E-state index is 9.91. The van der Waals surface area contributed by atoms with E-state index < -0.39 is 5.54 Å². The molecule has 2 N–H and O–H groups in total. The third kappa shape index (κ3) is 3.54. The Kier molecular flexibility index (Phi) is 5.34. The highest BCUT2D eigenvalue weighted by atomic mass is 16.5. The van der Waals surface area contributed by atoms with Crippen molar-refractivity contribution in [2.24, 2.45) is 0 Å². The van der Waals surface area contributed by atoms with Crippen molar-refractivity contribution < 1.29 is 9.84 Å². The Hall–Kier alpha value is -0.940. The lowest BCUT2D eigenvalue weighted by molar-refractivity contribution is 0.103. The van der Waals surface area contributed by atoms with Gasteiger partial charge in [0.1, 0.15) is 0 Å². The van der Waals surface area contributed by atoms with Gasteiger partial charge in [0.25, 0.3) is 0 Å². The number of likely N-dealkylation sites (N-methyl/N-ethyl adjacent to an activating group) is 1. The molecular weight excluding hydrogens is 240 g/mol. The summed E-state index contributed by atoms with van der Waals surface area (Å²) >= 11 is 0. The Morgan fingerprint density at radius 1 is 1.26 bits per heavy atom. The Morgan fingerprint density at radius 2 is 2.05 bits per heavy atom. The highest BCUT2D eigenvalue weighted by molar-refractivity contribution is 5.25. The number of benzene rings is 1. The van der Waals surface area contributed by atoms with E-state index in [-0.39, 0.29) is 6.61 Å². The topological polar surface area (TPSA) is 44.7 Å². The van der Waals surface area contributed by atoms with Crippen LogP contribution in [0.5, 0.6) is 0 Å². The highest BCUT2D eigenvalue weighted by Crippen LogP contribution is 2.22. The van der Waals surface area contributed by atoms with Gasteiger partial charge in [0.05, 0.1) is 18.8 Å². The second kappa shape index (κ2) is 7.01. The fourth-order valence-corrected chi connectivity index (χ4v) is 2.63. The molecule has 19 heavy (non-hydrogen) atoms. The molecule has 2 rings (SSSR count). The monoisotopic (exact) mass is 264 g/mol. The molecule has 1 aliphatic rings. The van der Waals surface area contributed by atoms with Crippen LogP contribution >= 0.6 is 0 Å². The fourth-order valence-electron chi connectivity index (χ4n) is 2.63. The van der Waals surface area contributed by atoms with Gasteiger partial charge in [-0.2, -0.15) is 0 Å². The van der Waals surface area contributed by atoms with Crippen LogP contribution in [0.3, 0.4) is 0 Å². The first-order chi connectivity index (χ1) is 9.30. The Labute approximate surface area is 115 Å². The molecule has 106 valence electrons. The molecule has 0 radical (unpaired) electrons. The molecule has 1 aliphatic heterocycles. The van der Waals surface area contributed by atoms with E-state index in [9.17, 15) is 5.11 Å². The zero-order valence-corrected chi connectivity index (χ0v) is 11.6. The van der Waals surface area contributed by atoms with Gasteiger partial charge in [-0.05, 0) is 19.0 Å². The van der Waals surface area contributed by atoms with Crippen molar-refractivity contribution in [1.82, 2.24) is 10.2 Å². The van der Waals surface area contributed by atoms with Gasteiger partial charge in [0, 0.05) is 26.2 Å². The van der Waals surface area contributed by atoms with E-state index in [2.05, 4.69) is 22.3 Å². The number of aliphatic hydroxyl groups excluding tert-OH is 1. The Bertz CT molecular complexity index is 358. The molecule has 4 heteroatoms. The van der Waals surface area contributed by atoms with Crippen molar-refractivity contribution in [2.75, 3.05) is 46.5 Å². The summed E-state index contributed by atoms with van der Waals surface area (Å²) in [6.07, 6.45) is 1.06. The van der Waals surface area contributed by atoms with Gasteiger partial charge in [-0.1, -0.05) is 30.3 Å². The normalized spacial score (nSPS) is 20.7. The molecule has 1 atom stereocenters. The number of hydrogen-bond donors (Lipinski definition) is 2. The number of aliphatic hydroxyl groups is 1. The first-order valence-electron chi connectivity index (χ1n) is 6.96. The van der Waals surface area contributed by atoms with E-state index in [4.69, 9.17) is 4.74 Å². The molecule has 0 saturated carbocycles. The molecule has 1 fully saturated rings. The van der Waals surface area contributed by atoms with Gasteiger partial charge in [-0.15, -0.1) is 0 Å². The third-order valence-corrected chi connectivity index (χ3v) is 3.88. The number of rotatable bonds is 5. The van der Waals surface area contributed by atoms with Crippen LogP contribution in [0.2, 0.25) is 0 Å². The Balaban J connectivity index is 2.14. The maximum absolute atomic E-state index is 9.91. The van der Waals surface area contributed by atoms with Gasteiger partial charge in [-0.25, -0.2) is 0 Å². The summed E-state index contributed by atoms with van der Waals surface area (Å²) in [7, 11) is 1.91. The fraction of sp³-hybridized carbons (Fsp3) is 0.600. The summed E-state index contributed by atoms with van der Waals surface area (Å²) in [5.74, 6) is 0. The molecular formula is C15H24N2O2.